The lowest BCUT2D eigenvalue weighted by molar-refractivity contribution is -0.384. The minimum atomic E-state index is -0.410. The molecule has 5 nitrogen and oxygen atoms in total. The van der Waals surface area contributed by atoms with Gasteiger partial charge in [0, 0.05) is 30.2 Å². The summed E-state index contributed by atoms with van der Waals surface area (Å²) in [6, 6.07) is 5.16. The molecular weight excluding hydrogens is 242 g/mol. The van der Waals surface area contributed by atoms with Gasteiger partial charge in [-0.25, -0.2) is 0 Å². The lowest BCUT2D eigenvalue weighted by atomic mass is 10.2. The molecule has 0 saturated heterocycles. The van der Waals surface area contributed by atoms with Crippen LogP contribution >= 0.6 is 11.6 Å². The Morgan fingerprint density at radius 3 is 2.82 bits per heavy atom. The monoisotopic (exact) mass is 255 g/mol. The normalized spacial score (nSPS) is 14.6. The molecule has 0 atom stereocenters. The maximum Gasteiger partial charge on any atom is 0.292 e. The van der Waals surface area contributed by atoms with E-state index in [1.807, 2.05) is 0 Å². The molecule has 0 heterocycles. The minimum Gasteiger partial charge on any atom is -0.378 e. The average Bonchev–Trinajstić information content (AvgIpc) is 3.08. The van der Waals surface area contributed by atoms with Crippen molar-refractivity contribution in [2.24, 2.45) is 0 Å². The van der Waals surface area contributed by atoms with Gasteiger partial charge in [0.15, 0.2) is 0 Å². The quantitative estimate of drug-likeness (QED) is 0.465. The Balaban J connectivity index is 1.92. The van der Waals surface area contributed by atoms with E-state index in [0.717, 1.165) is 6.54 Å². The van der Waals surface area contributed by atoms with Gasteiger partial charge in [0.25, 0.3) is 5.69 Å². The predicted molar refractivity (Wildman–Crippen MR) is 67.6 cm³/mol. The Bertz CT molecular complexity index is 421. The number of halogens is 1. The summed E-state index contributed by atoms with van der Waals surface area (Å²) >= 11 is 5.82. The fourth-order valence-corrected chi connectivity index (χ4v) is 1.74. The van der Waals surface area contributed by atoms with Crippen molar-refractivity contribution >= 4 is 23.0 Å². The van der Waals surface area contributed by atoms with Crippen molar-refractivity contribution in [3.8, 4) is 0 Å². The van der Waals surface area contributed by atoms with Crippen molar-refractivity contribution in [2.45, 2.75) is 18.9 Å². The van der Waals surface area contributed by atoms with E-state index in [9.17, 15) is 10.1 Å². The Labute approximate surface area is 104 Å². The zero-order valence-corrected chi connectivity index (χ0v) is 10.0. The zero-order valence-electron chi connectivity index (χ0n) is 9.28. The van der Waals surface area contributed by atoms with Gasteiger partial charge < -0.3 is 10.6 Å². The Morgan fingerprint density at radius 2 is 2.18 bits per heavy atom. The van der Waals surface area contributed by atoms with Gasteiger partial charge in [-0.1, -0.05) is 11.6 Å². The largest absolute Gasteiger partial charge is 0.378 e. The first-order valence-corrected chi connectivity index (χ1v) is 5.96. The summed E-state index contributed by atoms with van der Waals surface area (Å²) in [7, 11) is 0. The highest BCUT2D eigenvalue weighted by molar-refractivity contribution is 6.31. The Kier molecular flexibility index (Phi) is 3.81. The van der Waals surface area contributed by atoms with Crippen molar-refractivity contribution in [1.29, 1.82) is 0 Å². The summed E-state index contributed by atoms with van der Waals surface area (Å²) in [4.78, 5) is 10.4. The molecule has 1 aromatic rings. The lowest BCUT2D eigenvalue weighted by Gasteiger charge is -2.08. The molecule has 0 aromatic heterocycles. The third-order valence-corrected chi connectivity index (χ3v) is 2.84. The number of nitro benzene ring substituents is 1. The second-order valence-electron chi connectivity index (χ2n) is 4.07. The summed E-state index contributed by atoms with van der Waals surface area (Å²) in [5.74, 6) is 0. The number of rotatable bonds is 6. The van der Waals surface area contributed by atoms with Crippen LogP contribution in [0, 0.1) is 10.1 Å². The second kappa shape index (κ2) is 5.33. The molecule has 2 rings (SSSR count). The van der Waals surface area contributed by atoms with E-state index in [4.69, 9.17) is 11.6 Å². The SMILES string of the molecule is O=[N+]([O-])c1ccc(Cl)cc1NCCNC1CC1. The van der Waals surface area contributed by atoms with Crippen molar-refractivity contribution in [3.05, 3.63) is 33.3 Å². The molecule has 92 valence electrons. The third kappa shape index (κ3) is 3.57. The second-order valence-corrected chi connectivity index (χ2v) is 4.51. The van der Waals surface area contributed by atoms with Crippen molar-refractivity contribution in [3.63, 3.8) is 0 Å². The maximum absolute atomic E-state index is 10.8. The summed E-state index contributed by atoms with van der Waals surface area (Å²) in [5, 5.41) is 17.6. The van der Waals surface area contributed by atoms with E-state index in [2.05, 4.69) is 10.6 Å². The van der Waals surface area contributed by atoms with Crippen LogP contribution in [0.25, 0.3) is 0 Å². The maximum atomic E-state index is 10.8. The topological polar surface area (TPSA) is 67.2 Å². The van der Waals surface area contributed by atoms with E-state index in [0.29, 0.717) is 23.3 Å². The smallest absolute Gasteiger partial charge is 0.292 e. The summed E-state index contributed by atoms with van der Waals surface area (Å²) in [5.41, 5.74) is 0.529. The zero-order chi connectivity index (χ0) is 12.3. The number of nitro groups is 1. The van der Waals surface area contributed by atoms with Gasteiger partial charge in [-0.15, -0.1) is 0 Å². The molecule has 0 amide bonds. The predicted octanol–water partition coefficient (Wildman–Crippen LogP) is 2.41. The van der Waals surface area contributed by atoms with Crippen LogP contribution in [0.4, 0.5) is 11.4 Å². The summed E-state index contributed by atoms with van der Waals surface area (Å²) in [6.45, 7) is 1.45. The number of hydrogen-bond acceptors (Lipinski definition) is 4. The van der Waals surface area contributed by atoms with Gasteiger partial charge in [-0.2, -0.15) is 0 Å². The number of anilines is 1. The first-order valence-electron chi connectivity index (χ1n) is 5.58. The van der Waals surface area contributed by atoms with Crippen LogP contribution in [-0.4, -0.2) is 24.1 Å². The highest BCUT2D eigenvalue weighted by atomic mass is 35.5. The average molecular weight is 256 g/mol. The molecule has 2 N–H and O–H groups in total. The Morgan fingerprint density at radius 1 is 1.41 bits per heavy atom. The standard InChI is InChI=1S/C11H14ClN3O2/c12-8-1-4-11(15(16)17)10(7-8)14-6-5-13-9-2-3-9/h1,4,7,9,13-14H,2-3,5-6H2. The molecule has 0 unspecified atom stereocenters. The lowest BCUT2D eigenvalue weighted by Crippen LogP contribution is -2.24. The van der Waals surface area contributed by atoms with E-state index in [1.54, 1.807) is 6.07 Å². The number of hydrogen-bond donors (Lipinski definition) is 2. The van der Waals surface area contributed by atoms with Gasteiger partial charge in [0.05, 0.1) is 4.92 Å². The molecule has 0 radical (unpaired) electrons. The van der Waals surface area contributed by atoms with Gasteiger partial charge in [0.2, 0.25) is 0 Å². The van der Waals surface area contributed by atoms with Crippen LogP contribution in [0.5, 0.6) is 0 Å². The van der Waals surface area contributed by atoms with E-state index in [-0.39, 0.29) is 5.69 Å². The first kappa shape index (κ1) is 12.1. The fraction of sp³-hybridized carbons (Fsp3) is 0.455. The number of nitrogens with zero attached hydrogens (tertiary/aromatic N) is 1. The molecule has 1 aliphatic rings. The van der Waals surface area contributed by atoms with E-state index < -0.39 is 4.92 Å². The first-order chi connectivity index (χ1) is 8.16. The fourth-order valence-electron chi connectivity index (χ4n) is 1.57. The highest BCUT2D eigenvalue weighted by Gasteiger charge is 2.19. The molecule has 1 aliphatic carbocycles. The molecule has 0 spiro atoms. The molecule has 0 aliphatic heterocycles. The molecule has 1 aromatic carbocycles. The van der Waals surface area contributed by atoms with Crippen LogP contribution in [0.3, 0.4) is 0 Å². The van der Waals surface area contributed by atoms with Gasteiger partial charge in [-0.05, 0) is 25.0 Å². The summed E-state index contributed by atoms with van der Waals surface area (Å²) < 4.78 is 0. The molecule has 17 heavy (non-hydrogen) atoms. The van der Waals surface area contributed by atoms with Gasteiger partial charge in [-0.3, -0.25) is 10.1 Å². The van der Waals surface area contributed by atoms with Gasteiger partial charge in [0.1, 0.15) is 5.69 Å². The summed E-state index contributed by atoms with van der Waals surface area (Å²) in [6.07, 6.45) is 2.47. The molecule has 0 bridgehead atoms. The van der Waals surface area contributed by atoms with Crippen LogP contribution in [0.1, 0.15) is 12.8 Å². The van der Waals surface area contributed by atoms with E-state index >= 15 is 0 Å². The van der Waals surface area contributed by atoms with Gasteiger partial charge >= 0.3 is 0 Å². The van der Waals surface area contributed by atoms with Crippen LogP contribution in [0.2, 0.25) is 5.02 Å². The van der Waals surface area contributed by atoms with E-state index in [1.165, 1.54) is 25.0 Å². The van der Waals surface area contributed by atoms with Crippen LogP contribution in [0.15, 0.2) is 18.2 Å². The highest BCUT2D eigenvalue weighted by Crippen LogP contribution is 2.27. The minimum absolute atomic E-state index is 0.0563. The molecule has 6 heteroatoms. The number of benzene rings is 1. The third-order valence-electron chi connectivity index (χ3n) is 2.61. The van der Waals surface area contributed by atoms with Crippen molar-refractivity contribution < 1.29 is 4.92 Å². The molecule has 1 saturated carbocycles. The molecule has 1 fully saturated rings. The Hall–Kier alpha value is -1.33. The van der Waals surface area contributed by atoms with Crippen molar-refractivity contribution in [2.75, 3.05) is 18.4 Å². The number of nitrogens with one attached hydrogen (secondary N) is 2. The van der Waals surface area contributed by atoms with Crippen molar-refractivity contribution in [1.82, 2.24) is 5.32 Å². The van der Waals surface area contributed by atoms with Crippen LogP contribution in [-0.2, 0) is 0 Å². The molecular formula is C11H14ClN3O2. The van der Waals surface area contributed by atoms with Crippen LogP contribution < -0.4 is 10.6 Å².